The maximum Gasteiger partial charge on any atom is 0.328 e. The second kappa shape index (κ2) is 12.4. The zero-order valence-electron chi connectivity index (χ0n) is 22.4. The summed E-state index contributed by atoms with van der Waals surface area (Å²) >= 11 is 13.1. The van der Waals surface area contributed by atoms with Crippen molar-refractivity contribution in [1.29, 1.82) is 0 Å². The number of carboxylic acid groups (broad SMARTS) is 1. The Kier molecular flexibility index (Phi) is 8.69. The minimum Gasteiger partial charge on any atom is -0.480 e. The van der Waals surface area contributed by atoms with E-state index >= 15 is 0 Å². The Labute approximate surface area is 254 Å². The van der Waals surface area contributed by atoms with Crippen LogP contribution in [-0.2, 0) is 17.8 Å². The van der Waals surface area contributed by atoms with Gasteiger partial charge in [-0.25, -0.2) is 4.79 Å². The van der Waals surface area contributed by atoms with Gasteiger partial charge in [0.1, 0.15) is 11.1 Å². The molecule has 5 rings (SSSR count). The third kappa shape index (κ3) is 6.20. The van der Waals surface area contributed by atoms with Crippen molar-refractivity contribution in [2.45, 2.75) is 31.2 Å². The Morgan fingerprint density at radius 1 is 1.19 bits per heavy atom. The van der Waals surface area contributed by atoms with Crippen LogP contribution in [0.5, 0.6) is 0 Å². The van der Waals surface area contributed by atoms with Crippen LogP contribution >= 0.6 is 23.2 Å². The van der Waals surface area contributed by atoms with E-state index < -0.39 is 30.1 Å². The Hall–Kier alpha value is -4.42. The molecule has 0 radical (unpaired) electrons. The number of aromatic nitrogens is 2. The number of carbonyl (C=O) groups is 3. The second-order valence-corrected chi connectivity index (χ2v) is 10.9. The maximum atomic E-state index is 13.2. The van der Waals surface area contributed by atoms with E-state index in [0.717, 1.165) is 10.9 Å². The van der Waals surface area contributed by atoms with E-state index in [1.165, 1.54) is 4.90 Å². The minimum atomic E-state index is -1.48. The lowest BCUT2D eigenvalue weighted by Crippen LogP contribution is -2.51. The molecule has 0 unspecified atom stereocenters. The number of H-pyrrole nitrogens is 1. The molecule has 43 heavy (non-hydrogen) atoms. The lowest BCUT2D eigenvalue weighted by atomic mass is 9.96. The summed E-state index contributed by atoms with van der Waals surface area (Å²) in [5.74, 6) is -2.45. The van der Waals surface area contributed by atoms with Crippen molar-refractivity contribution in [3.63, 3.8) is 0 Å². The highest BCUT2D eigenvalue weighted by Gasteiger charge is 2.34. The molecule has 3 atom stereocenters. The largest absolute Gasteiger partial charge is 0.480 e. The first-order valence-corrected chi connectivity index (χ1v) is 13.9. The van der Waals surface area contributed by atoms with Gasteiger partial charge in [-0.1, -0.05) is 29.3 Å². The van der Waals surface area contributed by atoms with Crippen LogP contribution in [0.25, 0.3) is 15.9 Å². The zero-order chi connectivity index (χ0) is 30.8. The van der Waals surface area contributed by atoms with Crippen LogP contribution in [-0.4, -0.2) is 103 Å². The number of β-amino-alcohol motifs (C(OH)–C–C–N with tert-alkyl or cyclic N) is 2. The Morgan fingerprint density at radius 3 is 2.63 bits per heavy atom. The highest BCUT2D eigenvalue weighted by molar-refractivity contribution is 6.40. The van der Waals surface area contributed by atoms with Gasteiger partial charge >= 0.3 is 5.97 Å². The molecular weight excluding hydrogens is 603 g/mol. The molecule has 2 aromatic carbocycles. The number of aliphatic hydroxyl groups is 2. The number of carbonyl (C=O) groups excluding carboxylic acids is 2. The van der Waals surface area contributed by atoms with Crippen LogP contribution in [0.3, 0.4) is 0 Å². The molecule has 1 fully saturated rings. The summed E-state index contributed by atoms with van der Waals surface area (Å²) < 4.78 is 0. The summed E-state index contributed by atoms with van der Waals surface area (Å²) in [6, 6.07) is 5.33. The van der Waals surface area contributed by atoms with E-state index in [0.29, 0.717) is 29.7 Å². The molecule has 2 aliphatic heterocycles. The van der Waals surface area contributed by atoms with Crippen molar-refractivity contribution < 1.29 is 29.7 Å². The number of likely N-dealkylation sites (tertiary alicyclic amines) is 1. The normalized spacial score (nSPS) is 19.1. The molecule has 1 saturated heterocycles. The molecule has 0 spiro atoms. The molecule has 2 aliphatic rings. The van der Waals surface area contributed by atoms with Gasteiger partial charge in [0.05, 0.1) is 39.5 Å². The van der Waals surface area contributed by atoms with Gasteiger partial charge in [-0.05, 0) is 35.7 Å². The number of aromatic amines is 1. The zero-order valence-corrected chi connectivity index (χ0v) is 23.9. The number of aliphatic hydroxyl groups excluding tert-OH is 2. The van der Waals surface area contributed by atoms with Gasteiger partial charge in [-0.3, -0.25) is 14.7 Å². The highest BCUT2D eigenvalue weighted by atomic mass is 35.5. The first-order chi connectivity index (χ1) is 20.6. The fraction of sp³-hybridized carbons (Fsp3) is 0.333. The second-order valence-electron chi connectivity index (χ2n) is 10.1. The smallest absolute Gasteiger partial charge is 0.328 e. The highest BCUT2D eigenvalue weighted by Crippen LogP contribution is 2.35. The predicted octanol–water partition coefficient (Wildman–Crippen LogP) is 1.07. The first-order valence-electron chi connectivity index (χ1n) is 13.1. The third-order valence-corrected chi connectivity index (χ3v) is 8.09. The van der Waals surface area contributed by atoms with Crippen molar-refractivity contribution in [3.8, 4) is 0 Å². The quantitative estimate of drug-likeness (QED) is 0.100. The summed E-state index contributed by atoms with van der Waals surface area (Å²) in [5, 5.41) is 45.8. The summed E-state index contributed by atoms with van der Waals surface area (Å²) in [6.07, 6.45) is -0.102. The van der Waals surface area contributed by atoms with Crippen LogP contribution in [0.1, 0.15) is 31.8 Å². The number of hydrogen-bond donors (Lipinski definition) is 6. The van der Waals surface area contributed by atoms with E-state index in [1.54, 1.807) is 29.3 Å². The number of aliphatic carboxylic acids is 1. The minimum absolute atomic E-state index is 0.0122. The molecule has 1 aromatic heterocycles. The fourth-order valence-corrected chi connectivity index (χ4v) is 5.87. The SMILES string of the molecule is [C-]#[N+]/N=C(\NC[C@H](NC(=O)c1c(Cl)cc2c(c1Cl)CCN(C(=O)c1ccc3cn[nH]c3c1)C2)C(=O)O)N1C[C@@H](O)[C@@H](O)C1. The number of guanidine groups is 1. The number of amides is 2. The lowest BCUT2D eigenvalue weighted by Gasteiger charge is -2.30. The number of nitrogens with zero attached hydrogens (tertiary/aromatic N) is 5. The number of halogens is 2. The molecule has 224 valence electrons. The monoisotopic (exact) mass is 628 g/mol. The van der Waals surface area contributed by atoms with Crippen molar-refractivity contribution in [1.82, 2.24) is 30.6 Å². The Morgan fingerprint density at radius 2 is 1.93 bits per heavy atom. The van der Waals surface area contributed by atoms with Gasteiger partial charge in [0, 0.05) is 43.7 Å². The molecule has 2 amide bonds. The molecular formula is C27H26Cl2N8O6. The molecule has 3 aromatic rings. The molecule has 0 bridgehead atoms. The first kappa shape index (κ1) is 30.1. The van der Waals surface area contributed by atoms with E-state index in [-0.39, 0.29) is 53.7 Å². The number of rotatable bonds is 6. The van der Waals surface area contributed by atoms with Gasteiger partial charge in [-0.2, -0.15) is 11.7 Å². The van der Waals surface area contributed by atoms with Crippen LogP contribution in [0, 0.1) is 6.57 Å². The molecule has 0 aliphatic carbocycles. The summed E-state index contributed by atoms with van der Waals surface area (Å²) in [7, 11) is 0. The standard InChI is InChI=1S/C27H26Cl2N8O6/c1-30-35-27(37-11-20(38)21(39)12-37)31-9-19(26(42)43)33-24(40)22-17(28)6-15-10-36(5-4-16(15)23(22)29)25(41)13-2-3-14-8-32-34-18(14)7-13/h2-3,6-8,19-21,38-39H,4-5,9-12H2,(H,31,35)(H,32,34)(H,33,40)(H,42,43)/t19-,20-,21+/m0/s1. The van der Waals surface area contributed by atoms with Crippen LogP contribution in [0.15, 0.2) is 35.6 Å². The van der Waals surface area contributed by atoms with Crippen molar-refractivity contribution in [2.75, 3.05) is 26.2 Å². The van der Waals surface area contributed by atoms with Crippen LogP contribution < -0.4 is 10.6 Å². The van der Waals surface area contributed by atoms with Crippen molar-refractivity contribution in [3.05, 3.63) is 74.3 Å². The average Bonchev–Trinajstić information content (AvgIpc) is 3.58. The summed E-state index contributed by atoms with van der Waals surface area (Å²) in [5.41, 5.74) is 2.43. The number of benzene rings is 2. The van der Waals surface area contributed by atoms with Gasteiger partial charge in [0.2, 0.25) is 0 Å². The van der Waals surface area contributed by atoms with Gasteiger partial charge in [0.25, 0.3) is 17.8 Å². The van der Waals surface area contributed by atoms with E-state index in [4.69, 9.17) is 29.8 Å². The third-order valence-electron chi connectivity index (χ3n) is 7.38. The van der Waals surface area contributed by atoms with Gasteiger partial charge in [-0.15, -0.1) is 4.95 Å². The van der Waals surface area contributed by atoms with Crippen molar-refractivity contribution >= 4 is 57.8 Å². The van der Waals surface area contributed by atoms with Crippen molar-refractivity contribution in [2.24, 2.45) is 5.10 Å². The van der Waals surface area contributed by atoms with E-state index in [2.05, 4.69) is 30.9 Å². The number of nitrogens with one attached hydrogen (secondary N) is 3. The molecule has 16 heteroatoms. The van der Waals surface area contributed by atoms with Crippen LogP contribution in [0.2, 0.25) is 10.0 Å². The summed E-state index contributed by atoms with van der Waals surface area (Å²) in [6.45, 7) is 7.16. The van der Waals surface area contributed by atoms with Crippen LogP contribution in [0.4, 0.5) is 0 Å². The van der Waals surface area contributed by atoms with Gasteiger partial charge in [0.15, 0.2) is 0 Å². The molecule has 14 nitrogen and oxygen atoms in total. The lowest BCUT2D eigenvalue weighted by molar-refractivity contribution is -0.139. The number of hydrogen-bond acceptors (Lipinski definition) is 7. The average molecular weight is 629 g/mol. The predicted molar refractivity (Wildman–Crippen MR) is 156 cm³/mol. The molecule has 6 N–H and O–H groups in total. The van der Waals surface area contributed by atoms with E-state index in [9.17, 15) is 29.7 Å². The number of carboxylic acids is 1. The Bertz CT molecular complexity index is 1660. The topological polar surface area (TPSA) is 188 Å². The fourth-order valence-electron chi connectivity index (χ4n) is 5.11. The Balaban J connectivity index is 1.29. The van der Waals surface area contributed by atoms with E-state index in [1.807, 2.05) is 6.07 Å². The van der Waals surface area contributed by atoms with Gasteiger partial charge < -0.3 is 35.8 Å². The maximum absolute atomic E-state index is 13.2. The molecule has 0 saturated carbocycles. The number of fused-ring (bicyclic) bond motifs is 2. The molecule has 3 heterocycles. The summed E-state index contributed by atoms with van der Waals surface area (Å²) in [4.78, 5) is 44.4.